The molecule has 0 radical (unpaired) electrons. The molecule has 4 heteroatoms. The molecule has 1 aromatic heterocycles. The van der Waals surface area contributed by atoms with E-state index in [1.807, 2.05) is 0 Å². The summed E-state index contributed by atoms with van der Waals surface area (Å²) in [5.41, 5.74) is 1.82. The zero-order chi connectivity index (χ0) is 14.6. The monoisotopic (exact) mass is 306 g/mol. The Hall–Kier alpha value is -1.09. The number of nitrogens with zero attached hydrogens (tertiary/aromatic N) is 1. The maximum absolute atomic E-state index is 14.8. The first-order chi connectivity index (χ1) is 10.1. The molecule has 3 aliphatic rings. The first kappa shape index (κ1) is 13.6. The zero-order valence-corrected chi connectivity index (χ0v) is 13.0. The first-order valence-corrected chi connectivity index (χ1v) is 8.29. The Bertz CT molecular complexity index is 672. The second-order valence-electron chi connectivity index (χ2n) is 6.99. The normalized spacial score (nSPS) is 30.0. The highest BCUT2D eigenvalue weighted by atomic mass is 35.5. The van der Waals surface area contributed by atoms with Gasteiger partial charge in [0.15, 0.2) is 0 Å². The lowest BCUT2D eigenvalue weighted by Gasteiger charge is -2.50. The van der Waals surface area contributed by atoms with Gasteiger partial charge in [0.2, 0.25) is 0 Å². The van der Waals surface area contributed by atoms with E-state index in [0.29, 0.717) is 0 Å². The number of aromatic nitrogens is 2. The summed E-state index contributed by atoms with van der Waals surface area (Å²) < 4.78 is 14.8. The van der Waals surface area contributed by atoms with Gasteiger partial charge >= 0.3 is 0 Å². The molecule has 1 heterocycles. The number of aromatic amines is 1. The summed E-state index contributed by atoms with van der Waals surface area (Å²) in [6.07, 6.45) is 9.31. The van der Waals surface area contributed by atoms with Gasteiger partial charge in [-0.15, -0.1) is 0 Å². The minimum Gasteiger partial charge on any atom is -0.277 e. The van der Waals surface area contributed by atoms with Crippen molar-refractivity contribution in [1.29, 1.82) is 0 Å². The minimum absolute atomic E-state index is 0.181. The van der Waals surface area contributed by atoms with Crippen LogP contribution in [0, 0.1) is 17.2 Å². The topological polar surface area (TPSA) is 28.7 Å². The van der Waals surface area contributed by atoms with Crippen molar-refractivity contribution in [3.63, 3.8) is 0 Å². The van der Waals surface area contributed by atoms with Gasteiger partial charge in [0, 0.05) is 10.9 Å². The number of hydrogen-bond acceptors (Lipinski definition) is 1. The number of benzene rings is 1. The first-order valence-electron chi connectivity index (χ1n) is 7.92. The van der Waals surface area contributed by atoms with Crippen LogP contribution in [0.1, 0.15) is 56.9 Å². The van der Waals surface area contributed by atoms with Crippen LogP contribution in [0.3, 0.4) is 0 Å². The van der Waals surface area contributed by atoms with E-state index in [2.05, 4.69) is 17.1 Å². The number of nitrogens with one attached hydrogen (secondary N) is 1. The van der Waals surface area contributed by atoms with Crippen molar-refractivity contribution >= 4 is 22.5 Å². The molecule has 3 aliphatic carbocycles. The lowest BCUT2D eigenvalue weighted by molar-refractivity contribution is 0.0424. The van der Waals surface area contributed by atoms with E-state index >= 15 is 0 Å². The average molecular weight is 307 g/mol. The molecule has 21 heavy (non-hydrogen) atoms. The fourth-order valence-electron chi connectivity index (χ4n) is 4.70. The molecule has 2 bridgehead atoms. The number of rotatable bonds is 2. The molecule has 1 N–H and O–H groups in total. The summed E-state index contributed by atoms with van der Waals surface area (Å²) in [6.45, 7) is 2.18. The van der Waals surface area contributed by atoms with Gasteiger partial charge in [-0.25, -0.2) is 4.39 Å². The van der Waals surface area contributed by atoms with E-state index in [9.17, 15) is 4.39 Å². The van der Waals surface area contributed by atoms with Crippen LogP contribution in [0.4, 0.5) is 4.39 Å². The van der Waals surface area contributed by atoms with Crippen molar-refractivity contribution in [2.75, 3.05) is 0 Å². The van der Waals surface area contributed by atoms with E-state index in [1.54, 1.807) is 12.3 Å². The molecule has 3 saturated carbocycles. The Morgan fingerprint density at radius 3 is 2.67 bits per heavy atom. The second-order valence-corrected chi connectivity index (χ2v) is 7.39. The van der Waals surface area contributed by atoms with E-state index in [0.717, 1.165) is 22.4 Å². The van der Waals surface area contributed by atoms with Crippen LogP contribution in [-0.2, 0) is 0 Å². The van der Waals surface area contributed by atoms with Crippen molar-refractivity contribution in [2.24, 2.45) is 11.3 Å². The second kappa shape index (κ2) is 4.70. The Kier molecular flexibility index (Phi) is 3.04. The molecule has 5 rings (SSSR count). The molecule has 2 nitrogen and oxygen atoms in total. The lowest BCUT2D eigenvalue weighted by Crippen LogP contribution is -2.38. The van der Waals surface area contributed by atoms with Gasteiger partial charge in [-0.3, -0.25) is 5.10 Å². The fourth-order valence-corrected chi connectivity index (χ4v) is 4.92. The maximum Gasteiger partial charge on any atom is 0.147 e. The highest BCUT2D eigenvalue weighted by Gasteiger charge is 2.45. The molecule has 3 fully saturated rings. The molecule has 0 saturated heterocycles. The third-order valence-electron chi connectivity index (χ3n) is 6.17. The summed E-state index contributed by atoms with van der Waals surface area (Å²) in [4.78, 5) is 0. The van der Waals surface area contributed by atoms with Crippen LogP contribution in [0.2, 0.25) is 5.02 Å². The molecule has 1 aromatic carbocycles. The van der Waals surface area contributed by atoms with E-state index in [-0.39, 0.29) is 22.2 Å². The van der Waals surface area contributed by atoms with Gasteiger partial charge in [0.25, 0.3) is 0 Å². The standard InChI is InChI=1S/C17H20ClFN2/c1-10(17-5-2-11(3-6-17)4-7-17)14-15(19)13(18)8-12-9-20-21-16(12)14/h8-11H,2-7H2,1H3,(H,20,21). The van der Waals surface area contributed by atoms with Gasteiger partial charge in [-0.05, 0) is 61.8 Å². The lowest BCUT2D eigenvalue weighted by atomic mass is 9.55. The molecule has 1 atom stereocenters. The third kappa shape index (κ3) is 1.93. The predicted octanol–water partition coefficient (Wildman–Crippen LogP) is 5.43. The van der Waals surface area contributed by atoms with Crippen LogP contribution in [0.15, 0.2) is 12.3 Å². The summed E-state index contributed by atoms with van der Waals surface area (Å²) >= 11 is 6.11. The number of H-pyrrole nitrogens is 1. The van der Waals surface area contributed by atoms with Crippen LogP contribution in [0.25, 0.3) is 10.9 Å². The maximum atomic E-state index is 14.8. The van der Waals surface area contributed by atoms with Gasteiger partial charge < -0.3 is 0 Å². The smallest absolute Gasteiger partial charge is 0.147 e. The van der Waals surface area contributed by atoms with Crippen LogP contribution in [0.5, 0.6) is 0 Å². The Labute approximate surface area is 129 Å². The van der Waals surface area contributed by atoms with Crippen molar-refractivity contribution in [1.82, 2.24) is 10.2 Å². The summed E-state index contributed by atoms with van der Waals surface area (Å²) in [6, 6.07) is 1.67. The fraction of sp³-hybridized carbons (Fsp3) is 0.588. The SMILES string of the molecule is CC(c1c(F)c(Cl)cc2cn[nH]c12)C12CCC(CC1)CC2. The van der Waals surface area contributed by atoms with Crippen LogP contribution in [-0.4, -0.2) is 10.2 Å². The summed E-state index contributed by atoms with van der Waals surface area (Å²) in [7, 11) is 0. The van der Waals surface area contributed by atoms with Crippen molar-refractivity contribution < 1.29 is 4.39 Å². The third-order valence-corrected chi connectivity index (χ3v) is 6.44. The zero-order valence-electron chi connectivity index (χ0n) is 12.3. The van der Waals surface area contributed by atoms with Gasteiger partial charge in [0.1, 0.15) is 5.82 Å². The largest absolute Gasteiger partial charge is 0.277 e. The molecule has 1 unspecified atom stereocenters. The average Bonchev–Trinajstić information content (AvgIpc) is 2.97. The highest BCUT2D eigenvalue weighted by Crippen LogP contribution is 2.58. The van der Waals surface area contributed by atoms with E-state index in [4.69, 9.17) is 11.6 Å². The summed E-state index contributed by atoms with van der Waals surface area (Å²) in [5, 5.41) is 8.18. The molecular formula is C17H20ClFN2. The van der Waals surface area contributed by atoms with E-state index in [1.165, 1.54) is 38.5 Å². The molecule has 2 aromatic rings. The number of hydrogen-bond donors (Lipinski definition) is 1. The molecule has 0 spiro atoms. The van der Waals surface area contributed by atoms with Crippen LogP contribution >= 0.6 is 11.6 Å². The number of fused-ring (bicyclic) bond motifs is 4. The van der Waals surface area contributed by atoms with Crippen molar-refractivity contribution in [2.45, 2.75) is 51.4 Å². The summed E-state index contributed by atoms with van der Waals surface area (Å²) in [5.74, 6) is 0.832. The minimum atomic E-state index is -0.261. The highest BCUT2D eigenvalue weighted by molar-refractivity contribution is 6.31. The van der Waals surface area contributed by atoms with Crippen LogP contribution < -0.4 is 0 Å². The Morgan fingerprint density at radius 1 is 1.33 bits per heavy atom. The van der Waals surface area contributed by atoms with Gasteiger partial charge in [-0.1, -0.05) is 18.5 Å². The van der Waals surface area contributed by atoms with Gasteiger partial charge in [-0.2, -0.15) is 5.10 Å². The Balaban J connectivity index is 1.85. The van der Waals surface area contributed by atoms with Crippen molar-refractivity contribution in [3.05, 3.63) is 28.7 Å². The number of halogens is 2. The Morgan fingerprint density at radius 2 is 2.00 bits per heavy atom. The van der Waals surface area contributed by atoms with E-state index < -0.39 is 0 Å². The molecular weight excluding hydrogens is 287 g/mol. The predicted molar refractivity (Wildman–Crippen MR) is 83.1 cm³/mol. The van der Waals surface area contributed by atoms with Crippen molar-refractivity contribution in [3.8, 4) is 0 Å². The quantitative estimate of drug-likeness (QED) is 0.787. The van der Waals surface area contributed by atoms with Gasteiger partial charge in [0.05, 0.1) is 16.7 Å². The molecule has 112 valence electrons. The molecule has 0 aliphatic heterocycles. The molecule has 0 amide bonds.